The summed E-state index contributed by atoms with van der Waals surface area (Å²) in [7, 11) is 0. The number of hydrogen-bond donors (Lipinski definition) is 2. The lowest BCUT2D eigenvalue weighted by Gasteiger charge is -2.12. The van der Waals surface area contributed by atoms with E-state index in [1.54, 1.807) is 48.5 Å². The minimum absolute atomic E-state index is 0.217. The topological polar surface area (TPSA) is 67.4 Å². The lowest BCUT2D eigenvalue weighted by molar-refractivity contribution is -0.118. The van der Waals surface area contributed by atoms with Crippen LogP contribution in [0, 0.1) is 0 Å². The summed E-state index contributed by atoms with van der Waals surface area (Å²) in [5.74, 6) is -0.251. The zero-order chi connectivity index (χ0) is 19.8. The lowest BCUT2D eigenvalue weighted by atomic mass is 10.1. The van der Waals surface area contributed by atoms with Gasteiger partial charge in [0.15, 0.2) is 6.61 Å². The molecule has 142 valence electrons. The van der Waals surface area contributed by atoms with Gasteiger partial charge in [-0.1, -0.05) is 54.1 Å². The Hall–Kier alpha value is -3.31. The first-order valence-electron chi connectivity index (χ1n) is 8.71. The van der Waals surface area contributed by atoms with Crippen molar-refractivity contribution in [2.75, 3.05) is 11.9 Å². The van der Waals surface area contributed by atoms with Gasteiger partial charge in [0.2, 0.25) is 0 Å². The van der Waals surface area contributed by atoms with Crippen LogP contribution >= 0.6 is 11.6 Å². The number of carbonyl (C=O) groups is 2. The fourth-order valence-electron chi connectivity index (χ4n) is 2.53. The number of anilines is 1. The Labute approximate surface area is 168 Å². The molecule has 0 atom stereocenters. The van der Waals surface area contributed by atoms with E-state index in [0.29, 0.717) is 28.6 Å². The molecule has 0 fully saturated rings. The lowest BCUT2D eigenvalue weighted by Crippen LogP contribution is -2.25. The summed E-state index contributed by atoms with van der Waals surface area (Å²) in [6.45, 7) is 0.191. The molecule has 6 heteroatoms. The van der Waals surface area contributed by atoms with Gasteiger partial charge in [-0.2, -0.15) is 0 Å². The van der Waals surface area contributed by atoms with Gasteiger partial charge < -0.3 is 15.4 Å². The quantitative estimate of drug-likeness (QED) is 0.628. The van der Waals surface area contributed by atoms with Crippen LogP contribution in [0.5, 0.6) is 5.75 Å². The molecule has 28 heavy (non-hydrogen) atoms. The Balaban J connectivity index is 1.57. The predicted molar refractivity (Wildman–Crippen MR) is 110 cm³/mol. The maximum Gasteiger partial charge on any atom is 0.262 e. The van der Waals surface area contributed by atoms with Crippen molar-refractivity contribution in [1.29, 1.82) is 0 Å². The Kier molecular flexibility index (Phi) is 6.65. The van der Waals surface area contributed by atoms with Gasteiger partial charge in [-0.3, -0.25) is 9.59 Å². The second-order valence-corrected chi connectivity index (χ2v) is 6.44. The van der Waals surface area contributed by atoms with Gasteiger partial charge in [-0.15, -0.1) is 0 Å². The zero-order valence-corrected chi connectivity index (χ0v) is 15.8. The number of halogens is 1. The molecule has 3 aromatic carbocycles. The third kappa shape index (κ3) is 5.59. The van der Waals surface area contributed by atoms with Crippen LogP contribution in [-0.4, -0.2) is 18.4 Å². The van der Waals surface area contributed by atoms with Crippen molar-refractivity contribution in [3.63, 3.8) is 0 Å². The molecule has 0 aliphatic rings. The van der Waals surface area contributed by atoms with E-state index in [1.165, 1.54) is 0 Å². The molecule has 0 heterocycles. The van der Waals surface area contributed by atoms with E-state index in [-0.39, 0.29) is 18.4 Å². The maximum absolute atomic E-state index is 12.5. The standard InChI is InChI=1S/C22H19ClN2O3/c23-17-10-12-18(13-11-17)25-21(26)15-28-20-9-5-4-8-19(20)22(27)24-14-16-6-2-1-3-7-16/h1-13H,14-15H2,(H,24,27)(H,25,26). The minimum atomic E-state index is -0.332. The fraction of sp³-hybridized carbons (Fsp3) is 0.0909. The number of rotatable bonds is 7. The molecule has 0 bridgehead atoms. The Morgan fingerprint density at radius 3 is 2.29 bits per heavy atom. The maximum atomic E-state index is 12.5. The molecule has 2 amide bonds. The number of benzene rings is 3. The summed E-state index contributed by atoms with van der Waals surface area (Å²) in [5.41, 5.74) is 1.99. The van der Waals surface area contributed by atoms with E-state index in [0.717, 1.165) is 5.56 Å². The third-order valence-corrected chi connectivity index (χ3v) is 4.17. The van der Waals surface area contributed by atoms with Crippen LogP contribution in [0.4, 0.5) is 5.69 Å². The number of carbonyl (C=O) groups excluding carboxylic acids is 2. The number of para-hydroxylation sites is 1. The summed E-state index contributed by atoms with van der Waals surface area (Å²) in [6, 6.07) is 23.2. The SMILES string of the molecule is O=C(COc1ccccc1C(=O)NCc1ccccc1)Nc1ccc(Cl)cc1. The molecule has 0 saturated carbocycles. The average Bonchev–Trinajstić information content (AvgIpc) is 2.73. The average molecular weight is 395 g/mol. The molecule has 0 aliphatic heterocycles. The second kappa shape index (κ2) is 9.58. The second-order valence-electron chi connectivity index (χ2n) is 6.01. The molecule has 0 spiro atoms. The third-order valence-electron chi connectivity index (χ3n) is 3.91. The van der Waals surface area contributed by atoms with Gasteiger partial charge in [-0.25, -0.2) is 0 Å². The molecular formula is C22H19ClN2O3. The molecule has 3 aromatic rings. The molecule has 0 saturated heterocycles. The predicted octanol–water partition coefficient (Wildman–Crippen LogP) is 4.29. The van der Waals surface area contributed by atoms with Crippen molar-refractivity contribution in [3.8, 4) is 5.75 Å². The van der Waals surface area contributed by atoms with E-state index < -0.39 is 0 Å². The zero-order valence-electron chi connectivity index (χ0n) is 15.0. The van der Waals surface area contributed by atoms with Crippen LogP contribution in [0.15, 0.2) is 78.9 Å². The van der Waals surface area contributed by atoms with Crippen molar-refractivity contribution in [3.05, 3.63) is 95.0 Å². The van der Waals surface area contributed by atoms with Crippen LogP contribution in [0.2, 0.25) is 5.02 Å². The summed E-state index contributed by atoms with van der Waals surface area (Å²) < 4.78 is 5.57. The van der Waals surface area contributed by atoms with Crippen molar-refractivity contribution in [2.24, 2.45) is 0 Å². The van der Waals surface area contributed by atoms with Gasteiger partial charge in [0.05, 0.1) is 5.56 Å². The smallest absolute Gasteiger partial charge is 0.262 e. The van der Waals surface area contributed by atoms with Crippen LogP contribution < -0.4 is 15.4 Å². The van der Waals surface area contributed by atoms with Gasteiger partial charge >= 0.3 is 0 Å². The number of hydrogen-bond acceptors (Lipinski definition) is 3. The van der Waals surface area contributed by atoms with E-state index in [2.05, 4.69) is 10.6 Å². The summed E-state index contributed by atoms with van der Waals surface area (Å²) in [4.78, 5) is 24.6. The molecular weight excluding hydrogens is 376 g/mol. The van der Waals surface area contributed by atoms with Crippen molar-refractivity contribution in [2.45, 2.75) is 6.54 Å². The highest BCUT2D eigenvalue weighted by Gasteiger charge is 2.13. The molecule has 0 aliphatic carbocycles. The van der Waals surface area contributed by atoms with Gasteiger partial charge in [0, 0.05) is 17.3 Å². The summed E-state index contributed by atoms with van der Waals surface area (Å²) in [6.07, 6.45) is 0. The van der Waals surface area contributed by atoms with Gasteiger partial charge in [0.1, 0.15) is 5.75 Å². The molecule has 0 aromatic heterocycles. The Morgan fingerprint density at radius 1 is 0.857 bits per heavy atom. The van der Waals surface area contributed by atoms with Crippen molar-refractivity contribution in [1.82, 2.24) is 5.32 Å². The molecule has 0 radical (unpaired) electrons. The van der Waals surface area contributed by atoms with Crippen molar-refractivity contribution < 1.29 is 14.3 Å². The number of amides is 2. The highest BCUT2D eigenvalue weighted by atomic mass is 35.5. The highest BCUT2D eigenvalue weighted by molar-refractivity contribution is 6.30. The van der Waals surface area contributed by atoms with Crippen LogP contribution in [0.1, 0.15) is 15.9 Å². The summed E-state index contributed by atoms with van der Waals surface area (Å²) in [5, 5.41) is 6.16. The molecule has 0 unspecified atom stereocenters. The first-order chi connectivity index (χ1) is 13.6. The van der Waals surface area contributed by atoms with E-state index >= 15 is 0 Å². The first-order valence-corrected chi connectivity index (χ1v) is 9.09. The van der Waals surface area contributed by atoms with Gasteiger partial charge in [-0.05, 0) is 42.0 Å². The summed E-state index contributed by atoms with van der Waals surface area (Å²) >= 11 is 5.83. The normalized spacial score (nSPS) is 10.2. The number of nitrogens with one attached hydrogen (secondary N) is 2. The van der Waals surface area contributed by atoms with E-state index in [4.69, 9.17) is 16.3 Å². The van der Waals surface area contributed by atoms with E-state index in [1.807, 2.05) is 30.3 Å². The highest BCUT2D eigenvalue weighted by Crippen LogP contribution is 2.18. The largest absolute Gasteiger partial charge is 0.483 e. The van der Waals surface area contributed by atoms with Crippen LogP contribution in [0.3, 0.4) is 0 Å². The van der Waals surface area contributed by atoms with E-state index in [9.17, 15) is 9.59 Å². The first kappa shape index (κ1) is 19.5. The molecule has 2 N–H and O–H groups in total. The Bertz CT molecular complexity index is 944. The van der Waals surface area contributed by atoms with Crippen LogP contribution in [-0.2, 0) is 11.3 Å². The molecule has 3 rings (SSSR count). The Morgan fingerprint density at radius 2 is 1.54 bits per heavy atom. The minimum Gasteiger partial charge on any atom is -0.483 e. The molecule has 5 nitrogen and oxygen atoms in total. The fourth-order valence-corrected chi connectivity index (χ4v) is 2.65. The number of ether oxygens (including phenoxy) is 1. The van der Waals surface area contributed by atoms with Crippen LogP contribution in [0.25, 0.3) is 0 Å². The van der Waals surface area contributed by atoms with Crippen molar-refractivity contribution >= 4 is 29.1 Å². The monoisotopic (exact) mass is 394 g/mol. The van der Waals surface area contributed by atoms with Gasteiger partial charge in [0.25, 0.3) is 11.8 Å².